The molecule has 0 saturated heterocycles. The van der Waals surface area contributed by atoms with E-state index in [9.17, 15) is 9.50 Å². The van der Waals surface area contributed by atoms with Crippen molar-refractivity contribution in [3.63, 3.8) is 0 Å². The van der Waals surface area contributed by atoms with Crippen LogP contribution in [0.15, 0.2) is 58.4 Å². The molecule has 1 heterocycles. The van der Waals surface area contributed by atoms with Gasteiger partial charge in [-0.25, -0.2) is 4.39 Å². The fraction of sp³-hybridized carbons (Fsp3) is 0.167. The van der Waals surface area contributed by atoms with E-state index in [1.807, 2.05) is 30.5 Å². The molecule has 1 unspecified atom stereocenters. The lowest BCUT2D eigenvalue weighted by atomic mass is 10.1. The summed E-state index contributed by atoms with van der Waals surface area (Å²) in [6.07, 6.45) is 2.92. The van der Waals surface area contributed by atoms with Crippen molar-refractivity contribution in [2.45, 2.75) is 6.10 Å². The van der Waals surface area contributed by atoms with Gasteiger partial charge in [0.25, 0.3) is 0 Å². The molecule has 118 valence electrons. The van der Waals surface area contributed by atoms with Crippen LogP contribution in [-0.2, 0) is 0 Å². The van der Waals surface area contributed by atoms with Gasteiger partial charge >= 0.3 is 0 Å². The number of ether oxygens (including phenoxy) is 1. The second-order valence-corrected chi connectivity index (χ2v) is 6.07. The van der Waals surface area contributed by atoms with E-state index in [2.05, 4.69) is 11.1 Å². The van der Waals surface area contributed by atoms with Crippen molar-refractivity contribution in [3.05, 3.63) is 70.4 Å². The Morgan fingerprint density at radius 3 is 2.70 bits per heavy atom. The van der Waals surface area contributed by atoms with Crippen molar-refractivity contribution in [3.8, 4) is 5.75 Å². The van der Waals surface area contributed by atoms with Gasteiger partial charge in [-0.15, -0.1) is 11.8 Å². The molecule has 2 aromatic carbocycles. The Bertz CT molecular complexity index is 728. The number of aliphatic imine (C=N–C) groups is 1. The first-order valence-corrected chi connectivity index (χ1v) is 8.20. The molecule has 23 heavy (non-hydrogen) atoms. The maximum Gasteiger partial charge on any atom is 0.129 e. The zero-order chi connectivity index (χ0) is 16.1. The topological polar surface area (TPSA) is 41.8 Å². The van der Waals surface area contributed by atoms with E-state index in [0.29, 0.717) is 5.75 Å². The average molecular weight is 329 g/mol. The highest BCUT2D eigenvalue weighted by atomic mass is 32.2. The molecule has 0 bridgehead atoms. The van der Waals surface area contributed by atoms with E-state index >= 15 is 0 Å². The largest absolute Gasteiger partial charge is 0.491 e. The number of hydrogen-bond acceptors (Lipinski definition) is 4. The van der Waals surface area contributed by atoms with Crippen molar-refractivity contribution < 1.29 is 14.2 Å². The van der Waals surface area contributed by atoms with Crippen LogP contribution in [0.1, 0.15) is 17.2 Å². The fourth-order valence-corrected chi connectivity index (χ4v) is 2.86. The smallest absolute Gasteiger partial charge is 0.129 e. The summed E-state index contributed by atoms with van der Waals surface area (Å²) in [4.78, 5) is 5.28. The number of aliphatic hydroxyl groups excluding tert-OH is 1. The van der Waals surface area contributed by atoms with Gasteiger partial charge < -0.3 is 9.84 Å². The van der Waals surface area contributed by atoms with E-state index in [1.165, 1.54) is 6.07 Å². The zero-order valence-corrected chi connectivity index (χ0v) is 13.2. The second-order valence-electron chi connectivity index (χ2n) is 5.05. The minimum absolute atomic E-state index is 0.00385. The highest BCUT2D eigenvalue weighted by Gasteiger charge is 2.12. The molecule has 3 nitrogen and oxygen atoms in total. The quantitative estimate of drug-likeness (QED) is 0.899. The summed E-state index contributed by atoms with van der Waals surface area (Å²) in [6.45, 7) is 0.00385. The first-order chi connectivity index (χ1) is 11.2. The third-order valence-electron chi connectivity index (χ3n) is 3.39. The Morgan fingerprint density at radius 1 is 1.22 bits per heavy atom. The summed E-state index contributed by atoms with van der Waals surface area (Å²) < 4.78 is 19.1. The lowest BCUT2D eigenvalue weighted by Gasteiger charge is -2.13. The Labute approximate surface area is 138 Å². The van der Waals surface area contributed by atoms with Gasteiger partial charge in [-0.3, -0.25) is 4.99 Å². The number of thioether (sulfide) groups is 1. The van der Waals surface area contributed by atoms with E-state index in [-0.39, 0.29) is 12.2 Å². The van der Waals surface area contributed by atoms with Gasteiger partial charge in [-0.2, -0.15) is 0 Å². The van der Waals surface area contributed by atoms with Crippen LogP contribution in [-0.4, -0.2) is 23.8 Å². The third-order valence-corrected chi connectivity index (χ3v) is 4.22. The molecule has 1 aliphatic rings. The van der Waals surface area contributed by atoms with Gasteiger partial charge in [0.1, 0.15) is 24.3 Å². The van der Waals surface area contributed by atoms with Crippen molar-refractivity contribution in [1.29, 1.82) is 0 Å². The molecule has 0 fully saturated rings. The molecule has 1 aliphatic heterocycles. The van der Waals surface area contributed by atoms with E-state index in [1.54, 1.807) is 30.0 Å². The summed E-state index contributed by atoms with van der Waals surface area (Å²) in [5, 5.41) is 10.0. The summed E-state index contributed by atoms with van der Waals surface area (Å²) >= 11 is 1.69. The third kappa shape index (κ3) is 4.21. The molecule has 3 rings (SSSR count). The number of nitrogens with zero attached hydrogens (tertiary/aromatic N) is 1. The van der Waals surface area contributed by atoms with Crippen LogP contribution in [0.3, 0.4) is 0 Å². The lowest BCUT2D eigenvalue weighted by Crippen LogP contribution is -2.11. The monoisotopic (exact) mass is 329 g/mol. The van der Waals surface area contributed by atoms with E-state index < -0.39 is 11.9 Å². The molecule has 1 N–H and O–H groups in total. The van der Waals surface area contributed by atoms with Gasteiger partial charge in [0.2, 0.25) is 0 Å². The van der Waals surface area contributed by atoms with E-state index in [4.69, 9.17) is 4.74 Å². The number of rotatable bonds is 5. The van der Waals surface area contributed by atoms with Gasteiger partial charge in [0.05, 0.1) is 5.88 Å². The average Bonchev–Trinajstić information content (AvgIpc) is 3.07. The van der Waals surface area contributed by atoms with Crippen LogP contribution >= 0.6 is 11.8 Å². The van der Waals surface area contributed by atoms with Crippen molar-refractivity contribution >= 4 is 24.1 Å². The van der Waals surface area contributed by atoms with Gasteiger partial charge in [0.15, 0.2) is 0 Å². The normalized spacial score (nSPS) is 16.7. The van der Waals surface area contributed by atoms with Crippen LogP contribution in [0.5, 0.6) is 5.75 Å². The molecule has 0 radical (unpaired) electrons. The van der Waals surface area contributed by atoms with Crippen LogP contribution in [0.4, 0.5) is 4.39 Å². The molecule has 0 spiro atoms. The van der Waals surface area contributed by atoms with Crippen LogP contribution in [0.2, 0.25) is 0 Å². The predicted molar refractivity (Wildman–Crippen MR) is 92.2 cm³/mol. The molecule has 1 atom stereocenters. The summed E-state index contributed by atoms with van der Waals surface area (Å²) in [5.74, 6) is 0.984. The van der Waals surface area contributed by atoms with Crippen LogP contribution < -0.4 is 4.74 Å². The maximum atomic E-state index is 13.6. The molecular weight excluding hydrogens is 313 g/mol. The van der Waals surface area contributed by atoms with Crippen molar-refractivity contribution in [2.24, 2.45) is 4.99 Å². The molecule has 2 aromatic rings. The molecular formula is C18H16FNO2S. The molecule has 0 amide bonds. The molecule has 0 aliphatic carbocycles. The van der Waals surface area contributed by atoms with Crippen molar-refractivity contribution in [1.82, 2.24) is 0 Å². The first-order valence-electron chi connectivity index (χ1n) is 7.22. The zero-order valence-electron chi connectivity index (χ0n) is 12.4. The lowest BCUT2D eigenvalue weighted by molar-refractivity contribution is 0.105. The molecule has 0 saturated carbocycles. The maximum absolute atomic E-state index is 13.6. The Kier molecular flexibility index (Phi) is 5.10. The Hall–Kier alpha value is -2.11. The number of aliphatic hydroxyl groups is 1. The first kappa shape index (κ1) is 15.8. The summed E-state index contributed by atoms with van der Waals surface area (Å²) in [6, 6.07) is 13.7. The van der Waals surface area contributed by atoms with Gasteiger partial charge in [-0.1, -0.05) is 30.3 Å². The number of hydrogen-bond donors (Lipinski definition) is 1. The summed E-state index contributed by atoms with van der Waals surface area (Å²) in [5.41, 5.74) is 1.30. The second kappa shape index (κ2) is 7.44. The SMILES string of the molecule is OC(COc1ccc(C=C2C=NCS2)cc1)c1ccccc1F. The highest BCUT2D eigenvalue weighted by molar-refractivity contribution is 8.04. The standard InChI is InChI=1S/C18H16FNO2S/c19-17-4-2-1-3-16(17)18(21)11-22-14-7-5-13(6-8-14)9-15-10-20-12-23-15/h1-10,18,21H,11-12H2. The number of halogens is 1. The van der Waals surface area contributed by atoms with Crippen molar-refractivity contribution in [2.75, 3.05) is 12.5 Å². The Morgan fingerprint density at radius 2 is 2.00 bits per heavy atom. The van der Waals surface area contributed by atoms with Gasteiger partial charge in [-0.05, 0) is 29.8 Å². The van der Waals surface area contributed by atoms with E-state index in [0.717, 1.165) is 16.3 Å². The Balaban J connectivity index is 1.59. The number of benzene rings is 2. The predicted octanol–water partition coefficient (Wildman–Crippen LogP) is 4.05. The number of allylic oxidation sites excluding steroid dienone is 1. The molecule has 5 heteroatoms. The van der Waals surface area contributed by atoms with Crippen LogP contribution in [0.25, 0.3) is 6.08 Å². The minimum Gasteiger partial charge on any atom is -0.491 e. The van der Waals surface area contributed by atoms with Crippen LogP contribution in [0, 0.1) is 5.82 Å². The van der Waals surface area contributed by atoms with Gasteiger partial charge in [0, 0.05) is 16.7 Å². The summed E-state index contributed by atoms with van der Waals surface area (Å²) in [7, 11) is 0. The fourth-order valence-electron chi connectivity index (χ4n) is 2.19. The minimum atomic E-state index is -0.996. The molecule has 0 aromatic heterocycles. The highest BCUT2D eigenvalue weighted by Crippen LogP contribution is 2.24.